The minimum atomic E-state index is -0.180. The molecule has 2 rings (SSSR count). The number of rotatable bonds is 8. The molecule has 21 heavy (non-hydrogen) atoms. The fourth-order valence-corrected chi connectivity index (χ4v) is 2.09. The summed E-state index contributed by atoms with van der Waals surface area (Å²) in [6.07, 6.45) is 0.759. The molecule has 0 fully saturated rings. The molecule has 0 aliphatic rings. The van der Waals surface area contributed by atoms with Gasteiger partial charge in [0.1, 0.15) is 5.58 Å². The summed E-state index contributed by atoms with van der Waals surface area (Å²) in [4.78, 5) is 12.1. The molecular weight excluding hydrogens is 270 g/mol. The summed E-state index contributed by atoms with van der Waals surface area (Å²) >= 11 is 0. The van der Waals surface area contributed by atoms with Gasteiger partial charge in [0.25, 0.3) is 5.91 Å². The number of benzene rings is 1. The van der Waals surface area contributed by atoms with Crippen LogP contribution in [-0.4, -0.2) is 39.4 Å². The first-order valence-corrected chi connectivity index (χ1v) is 7.07. The van der Waals surface area contributed by atoms with Crippen LogP contribution in [-0.2, 0) is 9.47 Å². The van der Waals surface area contributed by atoms with E-state index in [1.165, 1.54) is 0 Å². The molecule has 2 aromatic rings. The fraction of sp³-hybridized carbons (Fsp3) is 0.438. The van der Waals surface area contributed by atoms with Crippen molar-refractivity contribution in [2.24, 2.45) is 0 Å². The van der Waals surface area contributed by atoms with Crippen LogP contribution in [0.15, 0.2) is 28.7 Å². The molecule has 114 valence electrons. The van der Waals surface area contributed by atoms with Crippen molar-refractivity contribution in [2.45, 2.75) is 13.3 Å². The van der Waals surface area contributed by atoms with Gasteiger partial charge < -0.3 is 19.2 Å². The van der Waals surface area contributed by atoms with Crippen molar-refractivity contribution in [3.63, 3.8) is 0 Å². The lowest BCUT2D eigenvalue weighted by Crippen LogP contribution is -2.25. The van der Waals surface area contributed by atoms with Crippen molar-refractivity contribution < 1.29 is 18.7 Å². The number of nitrogens with one attached hydrogen (secondary N) is 1. The number of hydrogen-bond acceptors (Lipinski definition) is 4. The maximum atomic E-state index is 12.1. The van der Waals surface area contributed by atoms with Crippen molar-refractivity contribution in [3.05, 3.63) is 35.6 Å². The van der Waals surface area contributed by atoms with Crippen LogP contribution < -0.4 is 5.32 Å². The first-order chi connectivity index (χ1) is 10.2. The first kappa shape index (κ1) is 15.5. The molecule has 0 atom stereocenters. The number of hydrogen-bond donors (Lipinski definition) is 1. The maximum absolute atomic E-state index is 12.1. The van der Waals surface area contributed by atoms with Crippen molar-refractivity contribution in [3.8, 4) is 0 Å². The highest BCUT2D eigenvalue weighted by Crippen LogP contribution is 2.24. The highest BCUT2D eigenvalue weighted by Gasteiger charge is 2.16. The van der Waals surface area contributed by atoms with Gasteiger partial charge in [0.15, 0.2) is 5.76 Å². The Balaban J connectivity index is 1.81. The van der Waals surface area contributed by atoms with Gasteiger partial charge in [0.05, 0.1) is 13.2 Å². The average Bonchev–Trinajstić information content (AvgIpc) is 2.84. The number of carbonyl (C=O) groups is 1. The Morgan fingerprint density at radius 3 is 2.81 bits per heavy atom. The van der Waals surface area contributed by atoms with E-state index in [0.29, 0.717) is 32.1 Å². The molecule has 1 aromatic heterocycles. The Labute approximate surface area is 124 Å². The molecule has 0 aliphatic heterocycles. The maximum Gasteiger partial charge on any atom is 0.287 e. The zero-order chi connectivity index (χ0) is 15.1. The van der Waals surface area contributed by atoms with Crippen LogP contribution >= 0.6 is 0 Å². The summed E-state index contributed by atoms with van der Waals surface area (Å²) in [6, 6.07) is 7.64. The summed E-state index contributed by atoms with van der Waals surface area (Å²) in [6.45, 7) is 4.22. The predicted octanol–water partition coefficient (Wildman–Crippen LogP) is 2.52. The van der Waals surface area contributed by atoms with E-state index in [4.69, 9.17) is 13.9 Å². The standard InChI is InChI=1S/C16H21NO4/c1-12-13-6-3-4-7-14(13)21-15(12)16(18)17-8-5-9-20-11-10-19-2/h3-4,6-7H,5,8-11H2,1-2H3,(H,17,18). The largest absolute Gasteiger partial charge is 0.451 e. The summed E-state index contributed by atoms with van der Waals surface area (Å²) in [5, 5.41) is 3.83. The number of methoxy groups -OCH3 is 1. The van der Waals surface area contributed by atoms with E-state index in [1.807, 2.05) is 31.2 Å². The highest BCUT2D eigenvalue weighted by atomic mass is 16.5. The van der Waals surface area contributed by atoms with Gasteiger partial charge in [0, 0.05) is 31.2 Å². The molecule has 0 saturated heterocycles. The van der Waals surface area contributed by atoms with Crippen molar-refractivity contribution in [2.75, 3.05) is 33.5 Å². The minimum Gasteiger partial charge on any atom is -0.451 e. The van der Waals surface area contributed by atoms with Gasteiger partial charge in [-0.05, 0) is 19.4 Å². The highest BCUT2D eigenvalue weighted by molar-refractivity contribution is 5.98. The SMILES string of the molecule is COCCOCCCNC(=O)c1oc2ccccc2c1C. The van der Waals surface area contributed by atoms with E-state index in [0.717, 1.165) is 23.0 Å². The monoisotopic (exact) mass is 291 g/mol. The van der Waals surface area contributed by atoms with Crippen LogP contribution in [0.5, 0.6) is 0 Å². The van der Waals surface area contributed by atoms with Crippen LogP contribution in [0.4, 0.5) is 0 Å². The molecule has 1 heterocycles. The minimum absolute atomic E-state index is 0.180. The third-order valence-electron chi connectivity index (χ3n) is 3.23. The number of para-hydroxylation sites is 1. The van der Waals surface area contributed by atoms with Crippen LogP contribution in [0.25, 0.3) is 11.0 Å². The molecule has 5 heteroatoms. The number of carbonyl (C=O) groups excluding carboxylic acids is 1. The summed E-state index contributed by atoms with van der Waals surface area (Å²) in [7, 11) is 1.64. The number of ether oxygens (including phenoxy) is 2. The van der Waals surface area contributed by atoms with E-state index in [1.54, 1.807) is 7.11 Å². The van der Waals surface area contributed by atoms with Gasteiger partial charge in [-0.15, -0.1) is 0 Å². The lowest BCUT2D eigenvalue weighted by molar-refractivity contribution is 0.0687. The Bertz CT molecular complexity index is 591. The second kappa shape index (κ2) is 7.81. The third kappa shape index (κ3) is 4.06. The van der Waals surface area contributed by atoms with Crippen LogP contribution in [0, 0.1) is 6.92 Å². The molecule has 0 unspecified atom stereocenters. The Kier molecular flexibility index (Phi) is 5.78. The molecule has 5 nitrogen and oxygen atoms in total. The third-order valence-corrected chi connectivity index (χ3v) is 3.23. The van der Waals surface area contributed by atoms with Crippen LogP contribution in [0.1, 0.15) is 22.5 Å². The molecule has 0 bridgehead atoms. The molecule has 0 aliphatic carbocycles. The number of aryl methyl sites for hydroxylation is 1. The lowest BCUT2D eigenvalue weighted by atomic mass is 10.1. The molecule has 1 N–H and O–H groups in total. The second-order valence-corrected chi connectivity index (χ2v) is 4.77. The van der Waals surface area contributed by atoms with E-state index < -0.39 is 0 Å². The normalized spacial score (nSPS) is 11.0. The number of furan rings is 1. The zero-order valence-electron chi connectivity index (χ0n) is 12.5. The van der Waals surface area contributed by atoms with Gasteiger partial charge in [-0.25, -0.2) is 0 Å². The topological polar surface area (TPSA) is 60.7 Å². The van der Waals surface area contributed by atoms with Gasteiger partial charge in [0.2, 0.25) is 0 Å². The first-order valence-electron chi connectivity index (χ1n) is 7.07. The zero-order valence-corrected chi connectivity index (χ0v) is 12.5. The molecule has 1 aromatic carbocycles. The average molecular weight is 291 g/mol. The number of fused-ring (bicyclic) bond motifs is 1. The van der Waals surface area contributed by atoms with Crippen LogP contribution in [0.2, 0.25) is 0 Å². The van der Waals surface area contributed by atoms with E-state index >= 15 is 0 Å². The van der Waals surface area contributed by atoms with Gasteiger partial charge in [-0.1, -0.05) is 18.2 Å². The van der Waals surface area contributed by atoms with E-state index in [2.05, 4.69) is 5.32 Å². The molecule has 0 radical (unpaired) electrons. The molecular formula is C16H21NO4. The Hall–Kier alpha value is -1.85. The summed E-state index contributed by atoms with van der Waals surface area (Å²) < 4.78 is 15.8. The van der Waals surface area contributed by atoms with Crippen LogP contribution in [0.3, 0.4) is 0 Å². The van der Waals surface area contributed by atoms with Crippen molar-refractivity contribution in [1.82, 2.24) is 5.32 Å². The predicted molar refractivity (Wildman–Crippen MR) is 80.6 cm³/mol. The number of amides is 1. The van der Waals surface area contributed by atoms with Gasteiger partial charge >= 0.3 is 0 Å². The van der Waals surface area contributed by atoms with Gasteiger partial charge in [-0.3, -0.25) is 4.79 Å². The van der Waals surface area contributed by atoms with Crippen molar-refractivity contribution in [1.29, 1.82) is 0 Å². The lowest BCUT2D eigenvalue weighted by Gasteiger charge is -2.05. The summed E-state index contributed by atoms with van der Waals surface area (Å²) in [5.74, 6) is 0.206. The molecule has 0 spiro atoms. The van der Waals surface area contributed by atoms with Gasteiger partial charge in [-0.2, -0.15) is 0 Å². The Morgan fingerprint density at radius 1 is 1.24 bits per heavy atom. The Morgan fingerprint density at radius 2 is 2.05 bits per heavy atom. The quantitative estimate of drug-likeness (QED) is 0.759. The second-order valence-electron chi connectivity index (χ2n) is 4.77. The van der Waals surface area contributed by atoms with Crippen molar-refractivity contribution >= 4 is 16.9 Å². The summed E-state index contributed by atoms with van der Waals surface area (Å²) in [5.41, 5.74) is 1.61. The molecule has 1 amide bonds. The molecule has 0 saturated carbocycles. The van der Waals surface area contributed by atoms with E-state index in [9.17, 15) is 4.79 Å². The fourth-order valence-electron chi connectivity index (χ4n) is 2.09. The smallest absolute Gasteiger partial charge is 0.287 e. The van der Waals surface area contributed by atoms with E-state index in [-0.39, 0.29) is 5.91 Å².